The molecule has 0 saturated carbocycles. The number of amides is 1. The molecule has 138 valence electrons. The highest BCUT2D eigenvalue weighted by molar-refractivity contribution is 5.92. The van der Waals surface area contributed by atoms with E-state index >= 15 is 0 Å². The number of anilines is 1. The zero-order valence-corrected chi connectivity index (χ0v) is 15.9. The third kappa shape index (κ3) is 4.56. The summed E-state index contributed by atoms with van der Waals surface area (Å²) in [6, 6.07) is 5.73. The number of aryl methyl sites for hydroxylation is 1. The topological polar surface area (TPSA) is 62.2 Å². The predicted molar refractivity (Wildman–Crippen MR) is 102 cm³/mol. The molecule has 0 N–H and O–H groups in total. The number of carbonyl (C=O) groups excluding carboxylic acids is 1. The quantitative estimate of drug-likeness (QED) is 0.827. The lowest BCUT2D eigenvalue weighted by atomic mass is 10.00. The normalized spacial score (nSPS) is 15.1. The van der Waals surface area contributed by atoms with Gasteiger partial charge >= 0.3 is 0 Å². The Morgan fingerprint density at radius 2 is 1.92 bits per heavy atom. The highest BCUT2D eigenvalue weighted by Gasteiger charge is 2.21. The van der Waals surface area contributed by atoms with E-state index < -0.39 is 0 Å². The molecule has 1 saturated heterocycles. The van der Waals surface area contributed by atoms with Crippen molar-refractivity contribution in [2.24, 2.45) is 5.92 Å². The molecule has 26 heavy (non-hydrogen) atoms. The van der Waals surface area contributed by atoms with Crippen LogP contribution in [0.5, 0.6) is 0 Å². The van der Waals surface area contributed by atoms with Crippen molar-refractivity contribution in [3.63, 3.8) is 0 Å². The van der Waals surface area contributed by atoms with Gasteiger partial charge in [-0.2, -0.15) is 0 Å². The summed E-state index contributed by atoms with van der Waals surface area (Å²) < 4.78 is 0. The second-order valence-corrected chi connectivity index (χ2v) is 7.20. The molecular weight excluding hydrogens is 326 g/mol. The Bertz CT molecular complexity index is 741. The highest BCUT2D eigenvalue weighted by Crippen LogP contribution is 2.21. The van der Waals surface area contributed by atoms with Crippen molar-refractivity contribution >= 4 is 11.9 Å². The molecule has 6 nitrogen and oxygen atoms in total. The van der Waals surface area contributed by atoms with Gasteiger partial charge in [-0.15, -0.1) is 0 Å². The molecular formula is C20H27N5O. The maximum absolute atomic E-state index is 12.8. The molecule has 1 amide bonds. The Kier molecular flexibility index (Phi) is 5.81. The van der Waals surface area contributed by atoms with Gasteiger partial charge in [0.25, 0.3) is 5.91 Å². The summed E-state index contributed by atoms with van der Waals surface area (Å²) in [5, 5.41) is 0. The molecule has 0 bridgehead atoms. The molecule has 1 fully saturated rings. The van der Waals surface area contributed by atoms with Crippen molar-refractivity contribution in [1.82, 2.24) is 19.9 Å². The molecule has 3 heterocycles. The van der Waals surface area contributed by atoms with Crippen LogP contribution in [0, 0.1) is 12.8 Å². The van der Waals surface area contributed by atoms with Gasteiger partial charge in [0.15, 0.2) is 0 Å². The van der Waals surface area contributed by atoms with Crippen molar-refractivity contribution in [3.05, 3.63) is 47.5 Å². The van der Waals surface area contributed by atoms with E-state index in [1.807, 2.05) is 26.1 Å². The number of pyridine rings is 1. The van der Waals surface area contributed by atoms with Gasteiger partial charge in [-0.1, -0.05) is 6.92 Å². The molecule has 0 aromatic carbocycles. The van der Waals surface area contributed by atoms with Gasteiger partial charge in [0.2, 0.25) is 5.95 Å². The van der Waals surface area contributed by atoms with E-state index in [2.05, 4.69) is 26.8 Å². The number of nitrogens with zero attached hydrogens (tertiary/aromatic N) is 5. The maximum atomic E-state index is 12.8. The SMILES string of the molecule is Cc1cc(C(=O)N(C)CCc2ccncc2)nc(N2CCC(C)CC2)n1. The number of likely N-dealkylation sites (N-methyl/N-ethyl adjacent to an activating group) is 1. The summed E-state index contributed by atoms with van der Waals surface area (Å²) in [7, 11) is 1.82. The number of aromatic nitrogens is 3. The Morgan fingerprint density at radius 3 is 2.62 bits per heavy atom. The standard InChI is InChI=1S/C20H27N5O/c1-15-6-12-25(13-7-15)20-22-16(2)14-18(23-20)19(26)24(3)11-8-17-4-9-21-10-5-17/h4-5,9-10,14-15H,6-8,11-13H2,1-3H3. The minimum Gasteiger partial charge on any atom is -0.341 e. The molecule has 0 radical (unpaired) electrons. The van der Waals surface area contributed by atoms with E-state index in [-0.39, 0.29) is 5.91 Å². The smallest absolute Gasteiger partial charge is 0.272 e. The Morgan fingerprint density at radius 1 is 1.23 bits per heavy atom. The molecule has 1 aliphatic rings. The van der Waals surface area contributed by atoms with Gasteiger partial charge in [0, 0.05) is 44.8 Å². The van der Waals surface area contributed by atoms with Gasteiger partial charge in [-0.3, -0.25) is 9.78 Å². The van der Waals surface area contributed by atoms with Gasteiger partial charge < -0.3 is 9.80 Å². The van der Waals surface area contributed by atoms with Crippen LogP contribution in [-0.2, 0) is 6.42 Å². The van der Waals surface area contributed by atoms with Crippen LogP contribution < -0.4 is 4.90 Å². The third-order valence-electron chi connectivity index (χ3n) is 4.96. The van der Waals surface area contributed by atoms with E-state index in [4.69, 9.17) is 0 Å². The van der Waals surface area contributed by atoms with Crippen molar-refractivity contribution < 1.29 is 4.79 Å². The first-order valence-corrected chi connectivity index (χ1v) is 9.28. The summed E-state index contributed by atoms with van der Waals surface area (Å²) in [5.74, 6) is 1.37. The van der Waals surface area contributed by atoms with Crippen molar-refractivity contribution in [2.75, 3.05) is 31.6 Å². The molecule has 0 spiro atoms. The van der Waals surface area contributed by atoms with Crippen molar-refractivity contribution in [3.8, 4) is 0 Å². The average Bonchev–Trinajstić information content (AvgIpc) is 2.66. The van der Waals surface area contributed by atoms with E-state index in [1.165, 1.54) is 5.56 Å². The Hall–Kier alpha value is -2.50. The van der Waals surface area contributed by atoms with Crippen LogP contribution in [-0.4, -0.2) is 52.4 Å². The maximum Gasteiger partial charge on any atom is 0.272 e. The van der Waals surface area contributed by atoms with Gasteiger partial charge in [0.05, 0.1) is 0 Å². The molecule has 1 aliphatic heterocycles. The van der Waals surface area contributed by atoms with Crippen molar-refractivity contribution in [2.45, 2.75) is 33.1 Å². The minimum absolute atomic E-state index is 0.0591. The average molecular weight is 353 g/mol. The largest absolute Gasteiger partial charge is 0.341 e. The van der Waals surface area contributed by atoms with Crippen LogP contribution in [0.15, 0.2) is 30.6 Å². The van der Waals surface area contributed by atoms with Crippen molar-refractivity contribution in [1.29, 1.82) is 0 Å². The molecule has 0 aliphatic carbocycles. The summed E-state index contributed by atoms with van der Waals surface area (Å²) in [4.78, 5) is 29.9. The lowest BCUT2D eigenvalue weighted by Crippen LogP contribution is -2.35. The Balaban J connectivity index is 1.68. The predicted octanol–water partition coefficient (Wildman–Crippen LogP) is 2.73. The van der Waals surface area contributed by atoms with E-state index in [1.54, 1.807) is 23.4 Å². The monoisotopic (exact) mass is 353 g/mol. The van der Waals surface area contributed by atoms with E-state index in [0.29, 0.717) is 18.2 Å². The number of piperidine rings is 1. The molecule has 0 unspecified atom stereocenters. The summed E-state index contributed by atoms with van der Waals surface area (Å²) >= 11 is 0. The highest BCUT2D eigenvalue weighted by atomic mass is 16.2. The van der Waals surface area contributed by atoms with Crippen LogP contribution in [0.1, 0.15) is 41.5 Å². The first-order valence-electron chi connectivity index (χ1n) is 9.28. The third-order valence-corrected chi connectivity index (χ3v) is 4.96. The molecule has 2 aromatic rings. The summed E-state index contributed by atoms with van der Waals surface area (Å²) in [6.07, 6.45) is 6.64. The first kappa shape index (κ1) is 18.3. The summed E-state index contributed by atoms with van der Waals surface area (Å²) in [6.45, 7) is 6.75. The van der Waals surface area contributed by atoms with Crippen LogP contribution in [0.3, 0.4) is 0 Å². The van der Waals surface area contributed by atoms with Crippen LogP contribution in [0.25, 0.3) is 0 Å². The van der Waals surface area contributed by atoms with Crippen LogP contribution in [0.2, 0.25) is 0 Å². The van der Waals surface area contributed by atoms with Crippen LogP contribution in [0.4, 0.5) is 5.95 Å². The minimum atomic E-state index is -0.0591. The fourth-order valence-electron chi connectivity index (χ4n) is 3.16. The summed E-state index contributed by atoms with van der Waals surface area (Å²) in [5.41, 5.74) is 2.48. The number of hydrogen-bond donors (Lipinski definition) is 0. The number of rotatable bonds is 5. The lowest BCUT2D eigenvalue weighted by Gasteiger charge is -2.30. The number of carbonyl (C=O) groups is 1. The first-order chi connectivity index (χ1) is 12.5. The zero-order chi connectivity index (χ0) is 18.5. The molecule has 3 rings (SSSR count). The molecule has 6 heteroatoms. The van der Waals surface area contributed by atoms with E-state index in [0.717, 1.165) is 44.0 Å². The second-order valence-electron chi connectivity index (χ2n) is 7.20. The van der Waals surface area contributed by atoms with E-state index in [9.17, 15) is 4.79 Å². The van der Waals surface area contributed by atoms with Crippen LogP contribution >= 0.6 is 0 Å². The number of hydrogen-bond acceptors (Lipinski definition) is 5. The van der Waals surface area contributed by atoms with Gasteiger partial charge in [0.1, 0.15) is 5.69 Å². The Labute approximate surface area is 155 Å². The fourth-order valence-corrected chi connectivity index (χ4v) is 3.16. The van der Waals surface area contributed by atoms with Gasteiger partial charge in [-0.05, 0) is 55.9 Å². The zero-order valence-electron chi connectivity index (χ0n) is 15.9. The fraction of sp³-hybridized carbons (Fsp3) is 0.500. The second kappa shape index (κ2) is 8.25. The van der Waals surface area contributed by atoms with Gasteiger partial charge in [-0.25, -0.2) is 9.97 Å². The molecule has 0 atom stereocenters. The molecule has 2 aromatic heterocycles. The lowest BCUT2D eigenvalue weighted by molar-refractivity contribution is 0.0790.